The van der Waals surface area contributed by atoms with Gasteiger partial charge in [-0.05, 0) is 36.5 Å². The number of nitrogens with zero attached hydrogens (tertiary/aromatic N) is 2. The number of aryl methyl sites for hydroxylation is 2. The van der Waals surface area contributed by atoms with Gasteiger partial charge in [0.05, 0.1) is 28.5 Å². The maximum Gasteiger partial charge on any atom is 0.263 e. The van der Waals surface area contributed by atoms with Crippen molar-refractivity contribution in [3.05, 3.63) is 68.6 Å². The number of carbonyl (C=O) groups is 1. The van der Waals surface area contributed by atoms with E-state index < -0.39 is 5.91 Å². The van der Waals surface area contributed by atoms with Crippen molar-refractivity contribution < 1.29 is 4.79 Å². The third-order valence-electron chi connectivity index (χ3n) is 4.83. The van der Waals surface area contributed by atoms with E-state index in [0.29, 0.717) is 40.7 Å². The SMILES string of the molecule is CCc1cc(C(=O)Nc2cccc3ncn(CCC(C)(C)C)c(=O)c23)c[nH]c1=O. The molecule has 0 atom stereocenters. The van der Waals surface area contributed by atoms with Crippen LogP contribution in [0.3, 0.4) is 0 Å². The largest absolute Gasteiger partial charge is 0.328 e. The number of benzene rings is 1. The lowest BCUT2D eigenvalue weighted by Gasteiger charge is -2.18. The monoisotopic (exact) mass is 394 g/mol. The van der Waals surface area contributed by atoms with E-state index in [1.54, 1.807) is 35.2 Å². The zero-order valence-electron chi connectivity index (χ0n) is 17.2. The summed E-state index contributed by atoms with van der Waals surface area (Å²) in [6.45, 7) is 8.75. The molecule has 7 heteroatoms. The summed E-state index contributed by atoms with van der Waals surface area (Å²) in [7, 11) is 0. The summed E-state index contributed by atoms with van der Waals surface area (Å²) >= 11 is 0. The van der Waals surface area contributed by atoms with Crippen LogP contribution in [0.15, 0.2) is 46.4 Å². The first kappa shape index (κ1) is 20.5. The summed E-state index contributed by atoms with van der Waals surface area (Å²) in [6.07, 6.45) is 4.28. The van der Waals surface area contributed by atoms with Crippen LogP contribution in [0.4, 0.5) is 5.69 Å². The molecule has 0 spiro atoms. The molecule has 7 nitrogen and oxygen atoms in total. The van der Waals surface area contributed by atoms with Gasteiger partial charge in [-0.25, -0.2) is 4.98 Å². The summed E-state index contributed by atoms with van der Waals surface area (Å²) in [5, 5.41) is 3.17. The number of nitrogens with one attached hydrogen (secondary N) is 2. The van der Waals surface area contributed by atoms with E-state index in [1.165, 1.54) is 6.20 Å². The van der Waals surface area contributed by atoms with Crippen molar-refractivity contribution in [1.29, 1.82) is 0 Å². The molecule has 2 aromatic heterocycles. The van der Waals surface area contributed by atoms with Gasteiger partial charge in [0.2, 0.25) is 0 Å². The molecule has 0 saturated heterocycles. The van der Waals surface area contributed by atoms with E-state index in [2.05, 4.69) is 36.1 Å². The predicted octanol–water partition coefficient (Wildman–Crippen LogP) is 3.34. The normalized spacial score (nSPS) is 11.6. The maximum absolute atomic E-state index is 13.1. The van der Waals surface area contributed by atoms with Gasteiger partial charge in [-0.1, -0.05) is 33.8 Å². The smallest absolute Gasteiger partial charge is 0.263 e. The second kappa shape index (κ2) is 8.03. The first-order chi connectivity index (χ1) is 13.7. The zero-order chi connectivity index (χ0) is 21.2. The van der Waals surface area contributed by atoms with Gasteiger partial charge in [-0.3, -0.25) is 19.0 Å². The van der Waals surface area contributed by atoms with Crippen LogP contribution >= 0.6 is 0 Å². The maximum atomic E-state index is 13.1. The number of H-pyrrole nitrogens is 1. The molecule has 0 unspecified atom stereocenters. The summed E-state index contributed by atoms with van der Waals surface area (Å²) in [4.78, 5) is 44.5. The fraction of sp³-hybridized carbons (Fsp3) is 0.364. The number of fused-ring (bicyclic) bond motifs is 1. The highest BCUT2D eigenvalue weighted by Crippen LogP contribution is 2.21. The highest BCUT2D eigenvalue weighted by Gasteiger charge is 2.15. The van der Waals surface area contributed by atoms with E-state index in [-0.39, 0.29) is 16.5 Å². The van der Waals surface area contributed by atoms with Crippen LogP contribution in [0.2, 0.25) is 0 Å². The van der Waals surface area contributed by atoms with Crippen LogP contribution in [0.1, 0.15) is 50.0 Å². The Kier molecular flexibility index (Phi) is 5.68. The Hall–Kier alpha value is -3.22. The molecular formula is C22H26N4O3. The molecule has 3 rings (SSSR count). The highest BCUT2D eigenvalue weighted by molar-refractivity contribution is 6.08. The first-order valence-corrected chi connectivity index (χ1v) is 9.71. The van der Waals surface area contributed by atoms with Crippen molar-refractivity contribution in [1.82, 2.24) is 14.5 Å². The molecule has 0 fully saturated rings. The molecule has 0 aliphatic rings. The van der Waals surface area contributed by atoms with Crippen molar-refractivity contribution in [3.8, 4) is 0 Å². The van der Waals surface area contributed by atoms with Crippen molar-refractivity contribution in [2.75, 3.05) is 5.32 Å². The molecule has 3 aromatic rings. The quantitative estimate of drug-likeness (QED) is 0.694. The standard InChI is InChI=1S/C22H26N4O3/c1-5-14-11-15(12-23-19(14)27)20(28)25-17-8-6-7-16-18(17)21(29)26(13-24-16)10-9-22(2,3)4/h6-8,11-13H,5,9-10H2,1-4H3,(H,23,27)(H,25,28). The number of carbonyl (C=O) groups excluding carboxylic acids is 1. The number of aromatic amines is 1. The molecule has 1 amide bonds. The molecule has 0 saturated carbocycles. The average molecular weight is 394 g/mol. The summed E-state index contributed by atoms with van der Waals surface area (Å²) in [5.74, 6) is -0.395. The van der Waals surface area contributed by atoms with E-state index in [0.717, 1.165) is 6.42 Å². The van der Waals surface area contributed by atoms with Crippen molar-refractivity contribution in [2.24, 2.45) is 5.41 Å². The first-order valence-electron chi connectivity index (χ1n) is 9.71. The van der Waals surface area contributed by atoms with Gasteiger partial charge in [0, 0.05) is 18.3 Å². The number of hydrogen-bond acceptors (Lipinski definition) is 4. The van der Waals surface area contributed by atoms with Gasteiger partial charge in [0.25, 0.3) is 17.0 Å². The molecule has 0 aliphatic carbocycles. The molecule has 0 aliphatic heterocycles. The average Bonchev–Trinajstić information content (AvgIpc) is 2.67. The van der Waals surface area contributed by atoms with E-state index >= 15 is 0 Å². The van der Waals surface area contributed by atoms with E-state index in [9.17, 15) is 14.4 Å². The fourth-order valence-corrected chi connectivity index (χ4v) is 3.04. The number of pyridine rings is 1. The lowest BCUT2D eigenvalue weighted by atomic mass is 9.92. The van der Waals surface area contributed by atoms with Crippen LogP contribution in [-0.2, 0) is 13.0 Å². The highest BCUT2D eigenvalue weighted by atomic mass is 16.2. The summed E-state index contributed by atoms with van der Waals surface area (Å²) < 4.78 is 1.58. The number of aromatic nitrogens is 3. The topological polar surface area (TPSA) is 96.8 Å². The summed E-state index contributed by atoms with van der Waals surface area (Å²) in [5.41, 5.74) is 1.47. The Bertz CT molecular complexity index is 1170. The Morgan fingerprint density at radius 3 is 2.69 bits per heavy atom. The molecule has 0 radical (unpaired) electrons. The minimum Gasteiger partial charge on any atom is -0.328 e. The van der Waals surface area contributed by atoms with Gasteiger partial charge in [-0.15, -0.1) is 0 Å². The van der Waals surface area contributed by atoms with Gasteiger partial charge in [0.15, 0.2) is 0 Å². The molecule has 1 aromatic carbocycles. The second-order valence-corrected chi connectivity index (χ2v) is 8.30. The molecule has 29 heavy (non-hydrogen) atoms. The molecule has 2 heterocycles. The zero-order valence-corrected chi connectivity index (χ0v) is 17.2. The minimum absolute atomic E-state index is 0.0866. The van der Waals surface area contributed by atoms with Crippen LogP contribution in [0.25, 0.3) is 10.9 Å². The Morgan fingerprint density at radius 1 is 1.24 bits per heavy atom. The number of anilines is 1. The fourth-order valence-electron chi connectivity index (χ4n) is 3.04. The van der Waals surface area contributed by atoms with Gasteiger partial charge >= 0.3 is 0 Å². The molecule has 2 N–H and O–H groups in total. The van der Waals surface area contributed by atoms with Crippen LogP contribution < -0.4 is 16.4 Å². The van der Waals surface area contributed by atoms with E-state index in [4.69, 9.17) is 0 Å². The van der Waals surface area contributed by atoms with Gasteiger partial charge < -0.3 is 10.3 Å². The minimum atomic E-state index is -0.395. The number of hydrogen-bond donors (Lipinski definition) is 2. The third kappa shape index (κ3) is 4.62. The van der Waals surface area contributed by atoms with Crippen molar-refractivity contribution in [3.63, 3.8) is 0 Å². The Labute approximate surface area is 168 Å². The Balaban J connectivity index is 1.98. The second-order valence-electron chi connectivity index (χ2n) is 8.30. The van der Waals surface area contributed by atoms with Crippen molar-refractivity contribution >= 4 is 22.5 Å². The lowest BCUT2D eigenvalue weighted by Crippen LogP contribution is -2.24. The lowest BCUT2D eigenvalue weighted by molar-refractivity contribution is 0.102. The van der Waals surface area contributed by atoms with Crippen LogP contribution in [0.5, 0.6) is 0 Å². The van der Waals surface area contributed by atoms with E-state index in [1.807, 2.05) is 6.92 Å². The van der Waals surface area contributed by atoms with Gasteiger partial charge in [-0.2, -0.15) is 0 Å². The number of amides is 1. The van der Waals surface area contributed by atoms with Gasteiger partial charge in [0.1, 0.15) is 0 Å². The van der Waals surface area contributed by atoms with Crippen LogP contribution in [-0.4, -0.2) is 20.4 Å². The summed E-state index contributed by atoms with van der Waals surface area (Å²) in [6, 6.07) is 6.74. The predicted molar refractivity (Wildman–Crippen MR) is 114 cm³/mol. The van der Waals surface area contributed by atoms with Crippen LogP contribution in [0, 0.1) is 5.41 Å². The molecular weight excluding hydrogens is 368 g/mol. The number of rotatable bonds is 5. The molecule has 0 bridgehead atoms. The Morgan fingerprint density at radius 2 is 2.00 bits per heavy atom. The molecule has 152 valence electrons. The van der Waals surface area contributed by atoms with Crippen molar-refractivity contribution in [2.45, 2.75) is 47.1 Å². The third-order valence-corrected chi connectivity index (χ3v) is 4.83.